The Kier molecular flexibility index (Phi) is 3.59. The summed E-state index contributed by atoms with van der Waals surface area (Å²) >= 11 is 0. The normalized spacial score (nSPS) is 24.9. The highest BCUT2D eigenvalue weighted by Gasteiger charge is 2.34. The van der Waals surface area contributed by atoms with E-state index in [9.17, 15) is 0 Å². The SMILES string of the molecule is COC1(CNCc2ccc3c(c2)OCO3)CCOC1. The van der Waals surface area contributed by atoms with Crippen LogP contribution in [0, 0.1) is 0 Å². The van der Waals surface area contributed by atoms with E-state index in [4.69, 9.17) is 18.9 Å². The van der Waals surface area contributed by atoms with Gasteiger partial charge in [-0.25, -0.2) is 0 Å². The Hall–Kier alpha value is -1.30. The van der Waals surface area contributed by atoms with Crippen LogP contribution < -0.4 is 14.8 Å². The molecule has 5 heteroatoms. The van der Waals surface area contributed by atoms with Crippen LogP contribution in [0.5, 0.6) is 11.5 Å². The van der Waals surface area contributed by atoms with Crippen molar-refractivity contribution >= 4 is 0 Å². The van der Waals surface area contributed by atoms with Gasteiger partial charge in [0.15, 0.2) is 11.5 Å². The molecule has 1 aromatic rings. The number of methoxy groups -OCH3 is 1. The highest BCUT2D eigenvalue weighted by Crippen LogP contribution is 2.32. The van der Waals surface area contributed by atoms with Crippen molar-refractivity contribution in [2.75, 3.05) is 33.7 Å². The van der Waals surface area contributed by atoms with Gasteiger partial charge < -0.3 is 24.3 Å². The first-order valence-corrected chi connectivity index (χ1v) is 6.53. The predicted molar refractivity (Wildman–Crippen MR) is 69.4 cm³/mol. The molecule has 1 unspecified atom stereocenters. The topological polar surface area (TPSA) is 49.0 Å². The number of rotatable bonds is 5. The zero-order chi connectivity index (χ0) is 13.1. The Balaban J connectivity index is 1.55. The van der Waals surface area contributed by atoms with Gasteiger partial charge in [-0.05, 0) is 17.7 Å². The molecule has 2 heterocycles. The Morgan fingerprint density at radius 2 is 2.21 bits per heavy atom. The van der Waals surface area contributed by atoms with Gasteiger partial charge in [-0.2, -0.15) is 0 Å². The van der Waals surface area contributed by atoms with E-state index in [2.05, 4.69) is 5.32 Å². The lowest BCUT2D eigenvalue weighted by atomic mass is 10.0. The Morgan fingerprint density at radius 3 is 3.00 bits per heavy atom. The third-order valence-corrected chi connectivity index (χ3v) is 3.71. The van der Waals surface area contributed by atoms with Crippen LogP contribution in [-0.2, 0) is 16.0 Å². The molecule has 19 heavy (non-hydrogen) atoms. The molecule has 1 saturated heterocycles. The van der Waals surface area contributed by atoms with Gasteiger partial charge in [-0.1, -0.05) is 6.07 Å². The standard InChI is InChI=1S/C14H19NO4/c1-16-14(4-5-17-9-14)8-15-7-11-2-3-12-13(6-11)19-10-18-12/h2-3,6,15H,4-5,7-10H2,1H3. The maximum atomic E-state index is 5.58. The number of hydrogen-bond acceptors (Lipinski definition) is 5. The van der Waals surface area contributed by atoms with Crippen LogP contribution in [0.3, 0.4) is 0 Å². The van der Waals surface area contributed by atoms with Crippen LogP contribution in [-0.4, -0.2) is 39.3 Å². The highest BCUT2D eigenvalue weighted by atomic mass is 16.7. The molecule has 0 aliphatic carbocycles. The van der Waals surface area contributed by atoms with Gasteiger partial charge >= 0.3 is 0 Å². The van der Waals surface area contributed by atoms with E-state index in [-0.39, 0.29) is 5.60 Å². The van der Waals surface area contributed by atoms with Crippen LogP contribution >= 0.6 is 0 Å². The molecule has 1 fully saturated rings. The van der Waals surface area contributed by atoms with E-state index in [1.807, 2.05) is 18.2 Å². The third-order valence-electron chi connectivity index (χ3n) is 3.71. The van der Waals surface area contributed by atoms with Gasteiger partial charge in [0.1, 0.15) is 5.60 Å². The monoisotopic (exact) mass is 265 g/mol. The summed E-state index contributed by atoms with van der Waals surface area (Å²) < 4.78 is 21.7. The van der Waals surface area contributed by atoms with Crippen molar-refractivity contribution in [2.45, 2.75) is 18.6 Å². The number of nitrogens with one attached hydrogen (secondary N) is 1. The van der Waals surface area contributed by atoms with E-state index >= 15 is 0 Å². The minimum atomic E-state index is -0.170. The van der Waals surface area contributed by atoms with E-state index in [0.717, 1.165) is 37.6 Å². The second kappa shape index (κ2) is 5.36. The van der Waals surface area contributed by atoms with Crippen molar-refractivity contribution in [3.05, 3.63) is 23.8 Å². The lowest BCUT2D eigenvalue weighted by Crippen LogP contribution is -2.42. The maximum absolute atomic E-state index is 5.58. The molecular formula is C14H19NO4. The Labute approximate surface area is 112 Å². The summed E-state index contributed by atoms with van der Waals surface area (Å²) in [5, 5.41) is 3.43. The quantitative estimate of drug-likeness (QED) is 0.870. The van der Waals surface area contributed by atoms with E-state index in [1.54, 1.807) is 7.11 Å². The molecule has 2 aliphatic heterocycles. The molecule has 0 radical (unpaired) electrons. The van der Waals surface area contributed by atoms with Gasteiger partial charge in [0, 0.05) is 33.2 Å². The maximum Gasteiger partial charge on any atom is 0.231 e. The smallest absolute Gasteiger partial charge is 0.231 e. The van der Waals surface area contributed by atoms with Crippen molar-refractivity contribution in [3.8, 4) is 11.5 Å². The molecule has 1 N–H and O–H groups in total. The minimum absolute atomic E-state index is 0.170. The molecule has 3 rings (SSSR count). The number of benzene rings is 1. The summed E-state index contributed by atoms with van der Waals surface area (Å²) in [6.45, 7) is 3.33. The van der Waals surface area contributed by atoms with Crippen molar-refractivity contribution in [1.29, 1.82) is 0 Å². The third kappa shape index (κ3) is 2.68. The lowest BCUT2D eigenvalue weighted by Gasteiger charge is -2.26. The van der Waals surface area contributed by atoms with Gasteiger partial charge in [0.2, 0.25) is 6.79 Å². The van der Waals surface area contributed by atoms with Crippen LogP contribution in [0.4, 0.5) is 0 Å². The summed E-state index contributed by atoms with van der Waals surface area (Å²) in [6.07, 6.45) is 0.942. The number of fused-ring (bicyclic) bond motifs is 1. The molecule has 0 bridgehead atoms. The molecule has 0 spiro atoms. The van der Waals surface area contributed by atoms with Crippen molar-refractivity contribution in [2.24, 2.45) is 0 Å². The van der Waals surface area contributed by atoms with Crippen LogP contribution in [0.25, 0.3) is 0 Å². The molecule has 0 aromatic heterocycles. The fraction of sp³-hybridized carbons (Fsp3) is 0.571. The fourth-order valence-corrected chi connectivity index (χ4v) is 2.45. The van der Waals surface area contributed by atoms with Crippen molar-refractivity contribution in [3.63, 3.8) is 0 Å². The summed E-state index contributed by atoms with van der Waals surface area (Å²) in [6, 6.07) is 6.01. The van der Waals surface area contributed by atoms with Crippen molar-refractivity contribution < 1.29 is 18.9 Å². The van der Waals surface area contributed by atoms with Crippen molar-refractivity contribution in [1.82, 2.24) is 5.32 Å². The Bertz CT molecular complexity index is 443. The van der Waals surface area contributed by atoms with Gasteiger partial charge in [-0.15, -0.1) is 0 Å². The van der Waals surface area contributed by atoms with E-state index < -0.39 is 0 Å². The second-order valence-electron chi connectivity index (χ2n) is 4.98. The zero-order valence-corrected chi connectivity index (χ0v) is 11.1. The first-order chi connectivity index (χ1) is 9.31. The van der Waals surface area contributed by atoms with Crippen LogP contribution in [0.2, 0.25) is 0 Å². The van der Waals surface area contributed by atoms with Crippen LogP contribution in [0.1, 0.15) is 12.0 Å². The molecule has 2 aliphatic rings. The number of hydrogen-bond donors (Lipinski definition) is 1. The number of ether oxygens (including phenoxy) is 4. The van der Waals surface area contributed by atoms with Gasteiger partial charge in [0.05, 0.1) is 6.61 Å². The summed E-state index contributed by atoms with van der Waals surface area (Å²) in [4.78, 5) is 0. The highest BCUT2D eigenvalue weighted by molar-refractivity contribution is 5.44. The average Bonchev–Trinajstić information content (AvgIpc) is 3.07. The molecule has 5 nitrogen and oxygen atoms in total. The first-order valence-electron chi connectivity index (χ1n) is 6.53. The largest absolute Gasteiger partial charge is 0.454 e. The average molecular weight is 265 g/mol. The van der Waals surface area contributed by atoms with Crippen LogP contribution in [0.15, 0.2) is 18.2 Å². The Morgan fingerprint density at radius 1 is 1.32 bits per heavy atom. The van der Waals surface area contributed by atoms with Gasteiger partial charge in [0.25, 0.3) is 0 Å². The predicted octanol–water partition coefficient (Wildman–Crippen LogP) is 1.31. The zero-order valence-electron chi connectivity index (χ0n) is 11.1. The molecule has 1 atom stereocenters. The fourth-order valence-electron chi connectivity index (χ4n) is 2.45. The second-order valence-corrected chi connectivity index (χ2v) is 4.98. The summed E-state index contributed by atoms with van der Waals surface area (Å²) in [5.41, 5.74) is 1.01. The summed E-state index contributed by atoms with van der Waals surface area (Å²) in [7, 11) is 1.75. The molecule has 0 amide bonds. The molecule has 0 saturated carbocycles. The molecule has 104 valence electrons. The summed E-state index contributed by atoms with van der Waals surface area (Å²) in [5.74, 6) is 1.64. The molecular weight excluding hydrogens is 246 g/mol. The lowest BCUT2D eigenvalue weighted by molar-refractivity contribution is -0.0159. The van der Waals surface area contributed by atoms with E-state index in [0.29, 0.717) is 13.4 Å². The first kappa shape index (κ1) is 12.7. The van der Waals surface area contributed by atoms with Gasteiger partial charge in [-0.3, -0.25) is 0 Å². The molecule has 1 aromatic carbocycles. The minimum Gasteiger partial charge on any atom is -0.454 e. The van der Waals surface area contributed by atoms with E-state index in [1.165, 1.54) is 5.56 Å².